The van der Waals surface area contributed by atoms with Gasteiger partial charge >= 0.3 is 0 Å². The van der Waals surface area contributed by atoms with Gasteiger partial charge in [0.2, 0.25) is 0 Å². The van der Waals surface area contributed by atoms with Gasteiger partial charge in [-0.1, -0.05) is 0 Å². The van der Waals surface area contributed by atoms with Crippen LogP contribution >= 0.6 is 0 Å². The van der Waals surface area contributed by atoms with Crippen LogP contribution in [-0.2, 0) is 11.3 Å². The van der Waals surface area contributed by atoms with Crippen LogP contribution in [0.5, 0.6) is 5.75 Å². The lowest BCUT2D eigenvalue weighted by Gasteiger charge is -2.45. The summed E-state index contributed by atoms with van der Waals surface area (Å²) in [7, 11) is 1.73. The molecule has 0 aliphatic carbocycles. The molecule has 152 valence electrons. The first-order chi connectivity index (χ1) is 13.1. The lowest BCUT2D eigenvalue weighted by molar-refractivity contribution is -0.0233. The van der Waals surface area contributed by atoms with Crippen LogP contribution in [0.1, 0.15) is 36.1 Å². The van der Waals surface area contributed by atoms with Crippen LogP contribution in [0.15, 0.2) is 6.20 Å². The highest BCUT2D eigenvalue weighted by atomic mass is 16.5. The molecule has 1 N–H and O–H groups in total. The molecule has 1 aromatic rings. The van der Waals surface area contributed by atoms with Crippen LogP contribution in [-0.4, -0.2) is 79.0 Å². The van der Waals surface area contributed by atoms with E-state index in [1.807, 2.05) is 13.1 Å². The highest BCUT2D eigenvalue weighted by Crippen LogP contribution is 2.29. The van der Waals surface area contributed by atoms with Gasteiger partial charge in [0, 0.05) is 62.7 Å². The largest absolute Gasteiger partial charge is 0.496 e. The normalized spacial score (nSPS) is 24.9. The maximum atomic E-state index is 9.34. The van der Waals surface area contributed by atoms with Gasteiger partial charge in [0.05, 0.1) is 26.0 Å². The number of nitrogens with zero attached hydrogens (tertiary/aromatic N) is 3. The second-order valence-corrected chi connectivity index (χ2v) is 7.91. The topological polar surface area (TPSA) is 58.1 Å². The Bertz CT molecular complexity index is 605. The second-order valence-electron chi connectivity index (χ2n) is 7.91. The molecule has 2 aliphatic heterocycles. The first kappa shape index (κ1) is 20.5. The summed E-state index contributed by atoms with van der Waals surface area (Å²) >= 11 is 0. The molecular formula is C21H35N3O3. The standard InChI is InChI=1S/C21H35N3O3/c1-16-13-22-19(17(2)21(16)26-3)15-23-7-6-20(18(14-23)5-4-10-25)24-8-11-27-12-9-24/h13,18,20,25H,4-12,14-15H2,1-3H3/t18-,20+/m1/s1. The summed E-state index contributed by atoms with van der Waals surface area (Å²) in [5.41, 5.74) is 3.36. The fourth-order valence-electron chi connectivity index (χ4n) is 4.71. The lowest BCUT2D eigenvalue weighted by Crippen LogP contribution is -2.53. The Balaban J connectivity index is 1.68. The predicted molar refractivity (Wildman–Crippen MR) is 106 cm³/mol. The molecule has 6 heteroatoms. The van der Waals surface area contributed by atoms with E-state index in [4.69, 9.17) is 9.47 Å². The van der Waals surface area contributed by atoms with E-state index in [-0.39, 0.29) is 6.61 Å². The van der Waals surface area contributed by atoms with E-state index in [9.17, 15) is 5.11 Å². The van der Waals surface area contributed by atoms with Gasteiger partial charge in [-0.2, -0.15) is 0 Å². The Morgan fingerprint density at radius 3 is 2.74 bits per heavy atom. The predicted octanol–water partition coefficient (Wildman–Crippen LogP) is 2.00. The Labute approximate surface area is 163 Å². The number of hydrogen-bond donors (Lipinski definition) is 1. The highest BCUT2D eigenvalue weighted by Gasteiger charge is 2.33. The van der Waals surface area contributed by atoms with Gasteiger partial charge in [0.25, 0.3) is 0 Å². The van der Waals surface area contributed by atoms with Crippen molar-refractivity contribution in [1.82, 2.24) is 14.8 Å². The van der Waals surface area contributed by atoms with Crippen LogP contribution in [0.25, 0.3) is 0 Å². The van der Waals surface area contributed by atoms with Crippen molar-refractivity contribution >= 4 is 0 Å². The molecule has 2 fully saturated rings. The zero-order chi connectivity index (χ0) is 19.2. The molecule has 6 nitrogen and oxygen atoms in total. The quantitative estimate of drug-likeness (QED) is 0.784. The summed E-state index contributed by atoms with van der Waals surface area (Å²) in [6, 6.07) is 0.610. The molecule has 3 rings (SSSR count). The van der Waals surface area contributed by atoms with E-state index in [2.05, 4.69) is 21.7 Å². The number of rotatable bonds is 7. The van der Waals surface area contributed by atoms with Crippen molar-refractivity contribution in [3.8, 4) is 5.75 Å². The molecule has 0 radical (unpaired) electrons. The smallest absolute Gasteiger partial charge is 0.128 e. The number of aliphatic hydroxyl groups excluding tert-OH is 1. The van der Waals surface area contributed by atoms with Gasteiger partial charge in [-0.3, -0.25) is 14.8 Å². The van der Waals surface area contributed by atoms with Crippen molar-refractivity contribution in [2.45, 2.75) is 45.7 Å². The number of piperidine rings is 1. The molecule has 0 unspecified atom stereocenters. The van der Waals surface area contributed by atoms with E-state index in [1.54, 1.807) is 7.11 Å². The van der Waals surface area contributed by atoms with E-state index in [1.165, 1.54) is 6.42 Å². The van der Waals surface area contributed by atoms with E-state index in [0.717, 1.165) is 81.3 Å². The Kier molecular flexibility index (Phi) is 7.47. The number of hydrogen-bond acceptors (Lipinski definition) is 6. The van der Waals surface area contributed by atoms with E-state index in [0.29, 0.717) is 12.0 Å². The van der Waals surface area contributed by atoms with Crippen LogP contribution < -0.4 is 4.74 Å². The van der Waals surface area contributed by atoms with Gasteiger partial charge in [-0.25, -0.2) is 0 Å². The zero-order valence-corrected chi connectivity index (χ0v) is 17.1. The van der Waals surface area contributed by atoms with Crippen molar-refractivity contribution in [2.75, 3.05) is 53.1 Å². The number of ether oxygens (including phenoxy) is 2. The minimum absolute atomic E-state index is 0.280. The Morgan fingerprint density at radius 2 is 2.04 bits per heavy atom. The first-order valence-electron chi connectivity index (χ1n) is 10.3. The number of methoxy groups -OCH3 is 1. The number of pyridine rings is 1. The zero-order valence-electron chi connectivity index (χ0n) is 17.1. The van der Waals surface area contributed by atoms with E-state index < -0.39 is 0 Å². The Hall–Kier alpha value is -1.21. The van der Waals surface area contributed by atoms with Crippen LogP contribution in [0.3, 0.4) is 0 Å². The molecule has 0 amide bonds. The van der Waals surface area contributed by atoms with Gasteiger partial charge < -0.3 is 14.6 Å². The molecule has 3 heterocycles. The molecule has 0 aromatic carbocycles. The third kappa shape index (κ3) is 4.99. The Morgan fingerprint density at radius 1 is 1.26 bits per heavy atom. The molecule has 2 atom stereocenters. The summed E-state index contributed by atoms with van der Waals surface area (Å²) in [4.78, 5) is 9.83. The number of aromatic nitrogens is 1. The molecule has 2 saturated heterocycles. The fourth-order valence-corrected chi connectivity index (χ4v) is 4.71. The molecule has 0 saturated carbocycles. The minimum atomic E-state index is 0.280. The van der Waals surface area contributed by atoms with Crippen molar-refractivity contribution in [3.63, 3.8) is 0 Å². The van der Waals surface area contributed by atoms with Gasteiger partial charge in [-0.15, -0.1) is 0 Å². The maximum absolute atomic E-state index is 9.34. The highest BCUT2D eigenvalue weighted by molar-refractivity contribution is 5.41. The SMILES string of the molecule is COc1c(C)cnc(CN2CC[C@H](N3CCOCC3)[C@H](CCCO)C2)c1C. The third-order valence-electron chi connectivity index (χ3n) is 6.15. The second kappa shape index (κ2) is 9.82. The number of morpholine rings is 1. The molecule has 1 aromatic heterocycles. The summed E-state index contributed by atoms with van der Waals surface area (Å²) < 4.78 is 11.1. The molecule has 0 bridgehead atoms. The van der Waals surface area contributed by atoms with Crippen molar-refractivity contribution < 1.29 is 14.6 Å². The third-order valence-corrected chi connectivity index (χ3v) is 6.15. The maximum Gasteiger partial charge on any atom is 0.128 e. The van der Waals surface area contributed by atoms with Crippen LogP contribution in [0, 0.1) is 19.8 Å². The number of aryl methyl sites for hydroxylation is 1. The number of aliphatic hydroxyl groups is 1. The monoisotopic (exact) mass is 377 g/mol. The average molecular weight is 378 g/mol. The minimum Gasteiger partial charge on any atom is -0.496 e. The molecule has 2 aliphatic rings. The first-order valence-corrected chi connectivity index (χ1v) is 10.3. The lowest BCUT2D eigenvalue weighted by atomic mass is 9.86. The van der Waals surface area contributed by atoms with Gasteiger partial charge in [0.1, 0.15) is 5.75 Å². The van der Waals surface area contributed by atoms with Gasteiger partial charge in [0.15, 0.2) is 0 Å². The summed E-state index contributed by atoms with van der Waals surface area (Å²) in [6.07, 6.45) is 5.07. The molecule has 27 heavy (non-hydrogen) atoms. The number of likely N-dealkylation sites (tertiary alicyclic amines) is 1. The fraction of sp³-hybridized carbons (Fsp3) is 0.762. The molecule has 0 spiro atoms. The van der Waals surface area contributed by atoms with Gasteiger partial charge in [-0.05, 0) is 39.0 Å². The van der Waals surface area contributed by atoms with Crippen molar-refractivity contribution in [2.24, 2.45) is 5.92 Å². The summed E-state index contributed by atoms with van der Waals surface area (Å²) in [5.74, 6) is 1.55. The van der Waals surface area contributed by atoms with Crippen LogP contribution in [0.2, 0.25) is 0 Å². The summed E-state index contributed by atoms with van der Waals surface area (Å²) in [6.45, 7) is 11.2. The van der Waals surface area contributed by atoms with Crippen LogP contribution in [0.4, 0.5) is 0 Å². The molecular weight excluding hydrogens is 342 g/mol. The summed E-state index contributed by atoms with van der Waals surface area (Å²) in [5, 5.41) is 9.34. The van der Waals surface area contributed by atoms with Crippen molar-refractivity contribution in [3.05, 3.63) is 23.0 Å². The van der Waals surface area contributed by atoms with Crippen molar-refractivity contribution in [1.29, 1.82) is 0 Å². The average Bonchev–Trinajstić information content (AvgIpc) is 2.70. The van der Waals surface area contributed by atoms with E-state index >= 15 is 0 Å².